The summed E-state index contributed by atoms with van der Waals surface area (Å²) in [7, 11) is 1.84. The zero-order valence-electron chi connectivity index (χ0n) is 8.64. The second-order valence-electron chi connectivity index (χ2n) is 3.24. The zero-order valence-corrected chi connectivity index (χ0v) is 9.45. The molecule has 1 atom stereocenters. The van der Waals surface area contributed by atoms with E-state index in [1.165, 1.54) is 0 Å². The number of fused-ring (bicyclic) bond motifs is 1. The molecule has 0 amide bonds. The monoisotopic (exact) mass is 237 g/mol. The largest absolute Gasteiger partial charge is 0.388 e. The minimum atomic E-state index is -2.30. The second-order valence-corrected chi connectivity index (χ2v) is 3.84. The van der Waals surface area contributed by atoms with Crippen LogP contribution in [0.15, 0.2) is 36.4 Å². The van der Waals surface area contributed by atoms with Crippen molar-refractivity contribution >= 4 is 27.8 Å². The topological polar surface area (TPSA) is 58.6 Å². The van der Waals surface area contributed by atoms with Crippen LogP contribution in [0.3, 0.4) is 0 Å². The van der Waals surface area contributed by atoms with Crippen LogP contribution in [0.5, 0.6) is 5.75 Å². The quantitative estimate of drug-likeness (QED) is 0.805. The lowest BCUT2D eigenvalue weighted by Gasteiger charge is -2.06. The SMILES string of the molecule is CNc1ccc2c(OS(=O)O)cccc2c1. The first-order valence-electron chi connectivity index (χ1n) is 4.70. The fourth-order valence-electron chi connectivity index (χ4n) is 1.56. The van der Waals surface area contributed by atoms with E-state index in [0.717, 1.165) is 16.5 Å². The fourth-order valence-corrected chi connectivity index (χ4v) is 1.86. The van der Waals surface area contributed by atoms with Gasteiger partial charge >= 0.3 is 11.4 Å². The first-order chi connectivity index (χ1) is 7.70. The highest BCUT2D eigenvalue weighted by atomic mass is 32.2. The van der Waals surface area contributed by atoms with Gasteiger partial charge in [0.25, 0.3) is 0 Å². The molecule has 2 N–H and O–H groups in total. The Kier molecular flexibility index (Phi) is 3.07. The van der Waals surface area contributed by atoms with E-state index in [4.69, 9.17) is 8.74 Å². The highest BCUT2D eigenvalue weighted by Gasteiger charge is 2.04. The lowest BCUT2D eigenvalue weighted by Crippen LogP contribution is -1.98. The molecule has 1 unspecified atom stereocenters. The average molecular weight is 237 g/mol. The molecule has 4 nitrogen and oxygen atoms in total. The summed E-state index contributed by atoms with van der Waals surface area (Å²) in [5, 5.41) is 4.79. The van der Waals surface area contributed by atoms with E-state index in [9.17, 15) is 4.21 Å². The summed E-state index contributed by atoms with van der Waals surface area (Å²) in [5.41, 5.74) is 0.981. The van der Waals surface area contributed by atoms with Gasteiger partial charge < -0.3 is 9.50 Å². The molecule has 84 valence electrons. The van der Waals surface area contributed by atoms with E-state index < -0.39 is 11.4 Å². The predicted molar refractivity (Wildman–Crippen MR) is 64.9 cm³/mol. The standard InChI is InChI=1S/C11H11NO3S/c1-12-9-5-6-10-8(7-9)3-2-4-11(10)15-16(13)14/h2-7,12H,1H3,(H,13,14). The van der Waals surface area contributed by atoms with E-state index in [2.05, 4.69) is 5.32 Å². The van der Waals surface area contributed by atoms with Crippen molar-refractivity contribution in [3.8, 4) is 5.75 Å². The molecule has 0 saturated carbocycles. The van der Waals surface area contributed by atoms with Crippen molar-refractivity contribution in [3.05, 3.63) is 36.4 Å². The van der Waals surface area contributed by atoms with Crippen molar-refractivity contribution in [3.63, 3.8) is 0 Å². The van der Waals surface area contributed by atoms with Crippen LogP contribution in [0.2, 0.25) is 0 Å². The lowest BCUT2D eigenvalue weighted by atomic mass is 10.1. The van der Waals surface area contributed by atoms with Gasteiger partial charge in [-0.05, 0) is 29.7 Å². The number of anilines is 1. The Balaban J connectivity index is 2.55. The normalized spacial score (nSPS) is 12.4. The van der Waals surface area contributed by atoms with E-state index in [-0.39, 0.29) is 0 Å². The summed E-state index contributed by atoms with van der Waals surface area (Å²) in [5.74, 6) is 0.404. The Bertz CT molecular complexity index is 542. The van der Waals surface area contributed by atoms with Gasteiger partial charge in [0, 0.05) is 18.1 Å². The molecule has 0 aromatic heterocycles. The molecule has 5 heteroatoms. The van der Waals surface area contributed by atoms with Gasteiger partial charge in [-0.1, -0.05) is 12.1 Å². The third kappa shape index (κ3) is 2.15. The summed E-state index contributed by atoms with van der Waals surface area (Å²) in [6, 6.07) is 11.0. The molecule has 2 aromatic rings. The Labute approximate surface area is 95.7 Å². The maximum absolute atomic E-state index is 10.6. The molecule has 0 saturated heterocycles. The second kappa shape index (κ2) is 4.51. The summed E-state index contributed by atoms with van der Waals surface area (Å²) < 4.78 is 24.1. The van der Waals surface area contributed by atoms with Crippen molar-refractivity contribution in [2.45, 2.75) is 0 Å². The van der Waals surface area contributed by atoms with Crippen LogP contribution in [0, 0.1) is 0 Å². The third-order valence-corrected chi connectivity index (χ3v) is 2.61. The maximum atomic E-state index is 10.6. The average Bonchev–Trinajstić information content (AvgIpc) is 2.28. The summed E-state index contributed by atoms with van der Waals surface area (Å²) in [4.78, 5) is 0. The van der Waals surface area contributed by atoms with Crippen LogP contribution < -0.4 is 9.50 Å². The van der Waals surface area contributed by atoms with E-state index in [0.29, 0.717) is 5.75 Å². The van der Waals surface area contributed by atoms with Gasteiger partial charge in [0.1, 0.15) is 5.75 Å². The van der Waals surface area contributed by atoms with Crippen molar-refractivity contribution in [2.75, 3.05) is 12.4 Å². The molecule has 16 heavy (non-hydrogen) atoms. The van der Waals surface area contributed by atoms with Crippen LogP contribution in [0.25, 0.3) is 10.8 Å². The summed E-state index contributed by atoms with van der Waals surface area (Å²) in [6.45, 7) is 0. The van der Waals surface area contributed by atoms with Gasteiger partial charge in [-0.25, -0.2) is 0 Å². The van der Waals surface area contributed by atoms with Gasteiger partial charge in [0.2, 0.25) is 0 Å². The lowest BCUT2D eigenvalue weighted by molar-refractivity contribution is 0.460. The van der Waals surface area contributed by atoms with Crippen LogP contribution in [0.1, 0.15) is 0 Å². The van der Waals surface area contributed by atoms with Crippen molar-refractivity contribution in [1.29, 1.82) is 0 Å². The fraction of sp³-hybridized carbons (Fsp3) is 0.0909. The smallest absolute Gasteiger partial charge is 0.357 e. The molecular weight excluding hydrogens is 226 g/mol. The molecule has 2 aromatic carbocycles. The van der Waals surface area contributed by atoms with E-state index >= 15 is 0 Å². The third-order valence-electron chi connectivity index (χ3n) is 2.29. The van der Waals surface area contributed by atoms with Crippen LogP contribution in [-0.2, 0) is 11.4 Å². The van der Waals surface area contributed by atoms with Crippen LogP contribution in [0.4, 0.5) is 5.69 Å². The molecule has 0 spiro atoms. The van der Waals surface area contributed by atoms with Crippen molar-refractivity contribution in [2.24, 2.45) is 0 Å². The summed E-state index contributed by atoms with van der Waals surface area (Å²) in [6.07, 6.45) is 0. The van der Waals surface area contributed by atoms with E-state index in [1.807, 2.05) is 31.3 Å². The Morgan fingerprint density at radius 1 is 1.31 bits per heavy atom. The van der Waals surface area contributed by atoms with Gasteiger partial charge in [0.15, 0.2) is 0 Å². The Hall–Kier alpha value is -1.59. The number of nitrogens with one attached hydrogen (secondary N) is 1. The minimum Gasteiger partial charge on any atom is -0.388 e. The number of rotatable bonds is 3. The zero-order chi connectivity index (χ0) is 11.5. The Morgan fingerprint density at radius 2 is 2.12 bits per heavy atom. The van der Waals surface area contributed by atoms with Crippen molar-refractivity contribution < 1.29 is 12.9 Å². The molecule has 0 aliphatic rings. The molecule has 0 bridgehead atoms. The predicted octanol–water partition coefficient (Wildman–Crippen LogP) is 2.40. The molecule has 0 aliphatic carbocycles. The van der Waals surface area contributed by atoms with Crippen LogP contribution in [-0.4, -0.2) is 15.8 Å². The summed E-state index contributed by atoms with van der Waals surface area (Å²) >= 11 is -2.30. The first-order valence-corrected chi connectivity index (χ1v) is 5.73. The minimum absolute atomic E-state index is 0.404. The highest BCUT2D eigenvalue weighted by Crippen LogP contribution is 2.28. The van der Waals surface area contributed by atoms with Gasteiger partial charge in [-0.15, -0.1) is 0 Å². The molecular formula is C11H11NO3S. The van der Waals surface area contributed by atoms with Crippen LogP contribution >= 0.6 is 0 Å². The Morgan fingerprint density at radius 3 is 2.81 bits per heavy atom. The highest BCUT2D eigenvalue weighted by molar-refractivity contribution is 7.74. The number of hydrogen-bond donors (Lipinski definition) is 2. The van der Waals surface area contributed by atoms with Gasteiger partial charge in [-0.3, -0.25) is 4.55 Å². The molecule has 0 aliphatic heterocycles. The van der Waals surface area contributed by atoms with Gasteiger partial charge in [0.05, 0.1) is 0 Å². The maximum Gasteiger partial charge on any atom is 0.357 e. The molecule has 2 rings (SSSR count). The molecule has 0 radical (unpaired) electrons. The first kappa shape index (κ1) is 10.9. The van der Waals surface area contributed by atoms with Crippen molar-refractivity contribution in [1.82, 2.24) is 0 Å². The van der Waals surface area contributed by atoms with E-state index in [1.54, 1.807) is 12.1 Å². The van der Waals surface area contributed by atoms with Gasteiger partial charge in [-0.2, -0.15) is 4.21 Å². The molecule has 0 fully saturated rings. The number of hydrogen-bond acceptors (Lipinski definition) is 3. The number of benzene rings is 2. The molecule has 0 heterocycles.